The second kappa shape index (κ2) is 5.06. The summed E-state index contributed by atoms with van der Waals surface area (Å²) in [5.41, 5.74) is 2.36. The molecule has 1 aromatic rings. The molecule has 2 rings (SSSR count). The number of hydrogen-bond acceptors (Lipinski definition) is 4. The molecule has 1 amide bonds. The summed E-state index contributed by atoms with van der Waals surface area (Å²) in [5, 5.41) is 9.06. The molecule has 2 atom stereocenters. The highest BCUT2D eigenvalue weighted by molar-refractivity contribution is 7.11. The lowest BCUT2D eigenvalue weighted by Crippen LogP contribution is -2.47. The maximum absolute atomic E-state index is 12.4. The van der Waals surface area contributed by atoms with E-state index in [0.29, 0.717) is 17.8 Å². The van der Waals surface area contributed by atoms with E-state index in [9.17, 15) is 9.59 Å². The van der Waals surface area contributed by atoms with Gasteiger partial charge in [0.25, 0.3) is 5.91 Å². The van der Waals surface area contributed by atoms with E-state index in [4.69, 9.17) is 5.11 Å². The lowest BCUT2D eigenvalue weighted by Gasteiger charge is -2.36. The Morgan fingerprint density at radius 3 is 2.78 bits per heavy atom. The summed E-state index contributed by atoms with van der Waals surface area (Å²) in [5.74, 6) is -1.35. The zero-order chi connectivity index (χ0) is 13.3. The van der Waals surface area contributed by atoms with Gasteiger partial charge in [0.1, 0.15) is 4.88 Å². The van der Waals surface area contributed by atoms with E-state index in [1.165, 1.54) is 11.3 Å². The number of carbonyl (C=O) groups excluding carboxylic acids is 1. The zero-order valence-corrected chi connectivity index (χ0v) is 11.2. The van der Waals surface area contributed by atoms with E-state index < -0.39 is 11.9 Å². The van der Waals surface area contributed by atoms with Crippen LogP contribution in [-0.2, 0) is 4.79 Å². The number of likely N-dealkylation sites (tertiary alicyclic amines) is 1. The molecule has 0 aromatic carbocycles. The minimum atomic E-state index is -0.819. The summed E-state index contributed by atoms with van der Waals surface area (Å²) in [6.07, 6.45) is 1.38. The van der Waals surface area contributed by atoms with Crippen molar-refractivity contribution in [3.63, 3.8) is 0 Å². The van der Waals surface area contributed by atoms with Gasteiger partial charge < -0.3 is 10.0 Å². The first-order chi connectivity index (χ1) is 8.50. The predicted octanol–water partition coefficient (Wildman–Crippen LogP) is 1.78. The van der Waals surface area contributed by atoms with E-state index in [1.807, 2.05) is 6.92 Å². The highest BCUT2D eigenvalue weighted by atomic mass is 32.1. The number of aliphatic carboxylic acids is 1. The molecule has 1 fully saturated rings. The molecule has 1 N–H and O–H groups in total. The van der Waals surface area contributed by atoms with Crippen molar-refractivity contribution in [2.45, 2.75) is 32.7 Å². The number of hydrogen-bond donors (Lipinski definition) is 1. The molecule has 0 saturated carbocycles. The van der Waals surface area contributed by atoms with Gasteiger partial charge in [0.15, 0.2) is 0 Å². The summed E-state index contributed by atoms with van der Waals surface area (Å²) >= 11 is 1.31. The minimum absolute atomic E-state index is 0.0894. The number of rotatable bonds is 2. The van der Waals surface area contributed by atoms with Gasteiger partial charge in [-0.3, -0.25) is 9.59 Å². The van der Waals surface area contributed by atoms with Crippen LogP contribution in [0.5, 0.6) is 0 Å². The van der Waals surface area contributed by atoms with Gasteiger partial charge in [-0.25, -0.2) is 4.98 Å². The van der Waals surface area contributed by atoms with Crippen molar-refractivity contribution in [1.82, 2.24) is 9.88 Å². The molecule has 1 aromatic heterocycles. The van der Waals surface area contributed by atoms with E-state index in [1.54, 1.807) is 17.3 Å². The molecule has 1 aliphatic heterocycles. The Bertz CT molecular complexity index is 472. The average molecular weight is 268 g/mol. The molecular formula is C12H16N2O3S. The standard InChI is InChI=1S/C12H16N2O3S/c1-7-3-4-9(12(16)17)5-14(7)11(15)10-8(2)13-6-18-10/h6-7,9H,3-5H2,1-2H3,(H,16,17). The van der Waals surface area contributed by atoms with E-state index in [0.717, 1.165) is 12.1 Å². The average Bonchev–Trinajstić information content (AvgIpc) is 2.75. The molecule has 2 heterocycles. The van der Waals surface area contributed by atoms with E-state index in [2.05, 4.69) is 4.98 Å². The van der Waals surface area contributed by atoms with Gasteiger partial charge in [0, 0.05) is 12.6 Å². The van der Waals surface area contributed by atoms with Crippen molar-refractivity contribution < 1.29 is 14.7 Å². The Morgan fingerprint density at radius 1 is 1.50 bits per heavy atom. The SMILES string of the molecule is Cc1ncsc1C(=O)N1CC(C(=O)O)CCC1C. The monoisotopic (exact) mass is 268 g/mol. The molecule has 0 aliphatic carbocycles. The van der Waals surface area contributed by atoms with Crippen LogP contribution in [-0.4, -0.2) is 39.5 Å². The van der Waals surface area contributed by atoms with Gasteiger partial charge in [-0.15, -0.1) is 11.3 Å². The van der Waals surface area contributed by atoms with Crippen LogP contribution in [0, 0.1) is 12.8 Å². The summed E-state index contributed by atoms with van der Waals surface area (Å²) in [4.78, 5) is 29.8. The number of carbonyl (C=O) groups is 2. The van der Waals surface area contributed by atoms with E-state index >= 15 is 0 Å². The van der Waals surface area contributed by atoms with Crippen LogP contribution >= 0.6 is 11.3 Å². The lowest BCUT2D eigenvalue weighted by atomic mass is 9.93. The first-order valence-corrected chi connectivity index (χ1v) is 6.82. The number of thiazole rings is 1. The molecule has 6 heteroatoms. The van der Waals surface area contributed by atoms with Crippen LogP contribution in [0.15, 0.2) is 5.51 Å². The Morgan fingerprint density at radius 2 is 2.22 bits per heavy atom. The second-order valence-corrected chi connectivity index (χ2v) is 5.54. The van der Waals surface area contributed by atoms with Crippen LogP contribution in [0.25, 0.3) is 0 Å². The third-order valence-electron chi connectivity index (χ3n) is 3.43. The Hall–Kier alpha value is -1.43. The Kier molecular flexibility index (Phi) is 3.65. The number of carboxylic acids is 1. The zero-order valence-electron chi connectivity index (χ0n) is 10.4. The number of carboxylic acid groups (broad SMARTS) is 1. The number of piperidine rings is 1. The highest BCUT2D eigenvalue weighted by Gasteiger charge is 2.33. The first-order valence-electron chi connectivity index (χ1n) is 5.94. The lowest BCUT2D eigenvalue weighted by molar-refractivity contribution is -0.143. The molecule has 1 saturated heterocycles. The topological polar surface area (TPSA) is 70.5 Å². The smallest absolute Gasteiger partial charge is 0.308 e. The van der Waals surface area contributed by atoms with Gasteiger partial charge in [0.2, 0.25) is 0 Å². The van der Waals surface area contributed by atoms with Crippen LogP contribution in [0.4, 0.5) is 0 Å². The van der Waals surface area contributed by atoms with Crippen molar-refractivity contribution >= 4 is 23.2 Å². The quantitative estimate of drug-likeness (QED) is 0.887. The van der Waals surface area contributed by atoms with Crippen LogP contribution in [0.2, 0.25) is 0 Å². The largest absolute Gasteiger partial charge is 0.481 e. The fraction of sp³-hybridized carbons (Fsp3) is 0.583. The third kappa shape index (κ3) is 2.38. The molecule has 0 bridgehead atoms. The van der Waals surface area contributed by atoms with Crippen LogP contribution in [0.1, 0.15) is 35.1 Å². The van der Waals surface area contributed by atoms with Gasteiger partial charge in [0.05, 0.1) is 17.1 Å². The van der Waals surface area contributed by atoms with Crippen LogP contribution < -0.4 is 0 Å². The van der Waals surface area contributed by atoms with Gasteiger partial charge in [-0.05, 0) is 26.7 Å². The fourth-order valence-corrected chi connectivity index (χ4v) is 2.99. The highest BCUT2D eigenvalue weighted by Crippen LogP contribution is 2.25. The molecular weight excluding hydrogens is 252 g/mol. The number of aromatic nitrogens is 1. The summed E-state index contributed by atoms with van der Waals surface area (Å²) in [7, 11) is 0. The Labute approximate surface area is 109 Å². The first kappa shape index (κ1) is 13.0. The molecule has 0 spiro atoms. The van der Waals surface area contributed by atoms with E-state index in [-0.39, 0.29) is 11.9 Å². The van der Waals surface area contributed by atoms with Gasteiger partial charge in [-0.2, -0.15) is 0 Å². The molecule has 5 nitrogen and oxygen atoms in total. The second-order valence-electron chi connectivity index (χ2n) is 4.69. The maximum atomic E-state index is 12.4. The predicted molar refractivity (Wildman–Crippen MR) is 67.7 cm³/mol. The number of nitrogens with zero attached hydrogens (tertiary/aromatic N) is 2. The molecule has 18 heavy (non-hydrogen) atoms. The van der Waals surface area contributed by atoms with Crippen molar-refractivity contribution in [3.8, 4) is 0 Å². The summed E-state index contributed by atoms with van der Waals surface area (Å²) in [6, 6.07) is 0.0922. The maximum Gasteiger partial charge on any atom is 0.308 e. The molecule has 2 unspecified atom stereocenters. The van der Waals surface area contributed by atoms with Gasteiger partial charge >= 0.3 is 5.97 Å². The number of aryl methyl sites for hydroxylation is 1. The van der Waals surface area contributed by atoms with Crippen LogP contribution in [0.3, 0.4) is 0 Å². The van der Waals surface area contributed by atoms with Gasteiger partial charge in [-0.1, -0.05) is 0 Å². The summed E-state index contributed by atoms with van der Waals surface area (Å²) in [6.45, 7) is 4.06. The summed E-state index contributed by atoms with van der Waals surface area (Å²) < 4.78 is 0. The van der Waals surface area contributed by atoms with Crippen molar-refractivity contribution in [3.05, 3.63) is 16.1 Å². The third-order valence-corrected chi connectivity index (χ3v) is 4.35. The molecule has 0 radical (unpaired) electrons. The minimum Gasteiger partial charge on any atom is -0.481 e. The molecule has 1 aliphatic rings. The van der Waals surface area contributed by atoms with Crippen molar-refractivity contribution in [2.75, 3.05) is 6.54 Å². The normalized spacial score (nSPS) is 24.0. The Balaban J connectivity index is 2.18. The molecule has 98 valence electrons. The number of amides is 1. The van der Waals surface area contributed by atoms with Crippen molar-refractivity contribution in [2.24, 2.45) is 5.92 Å². The fourth-order valence-electron chi connectivity index (χ4n) is 2.23. The van der Waals surface area contributed by atoms with Crippen molar-refractivity contribution in [1.29, 1.82) is 0 Å².